The Bertz CT molecular complexity index is 464. The van der Waals surface area contributed by atoms with Crippen LogP contribution < -0.4 is 5.32 Å². The third-order valence-corrected chi connectivity index (χ3v) is 2.53. The molecule has 1 amide bonds. The number of nitrogens with one attached hydrogen (secondary N) is 1. The number of alkyl carbamates (subject to hydrolysis) is 1. The van der Waals surface area contributed by atoms with Gasteiger partial charge in [0.15, 0.2) is 5.54 Å². The van der Waals surface area contributed by atoms with Gasteiger partial charge in [0.05, 0.1) is 0 Å². The Hall–Kier alpha value is -2.04. The van der Waals surface area contributed by atoms with Crippen LogP contribution in [0.1, 0.15) is 33.3 Å². The zero-order valence-corrected chi connectivity index (χ0v) is 11.6. The molecule has 0 bridgehead atoms. The largest absolute Gasteiger partial charge is 0.479 e. The van der Waals surface area contributed by atoms with Crippen molar-refractivity contribution in [2.75, 3.05) is 0 Å². The second-order valence-electron chi connectivity index (χ2n) is 5.42. The van der Waals surface area contributed by atoms with Gasteiger partial charge in [0, 0.05) is 0 Å². The Kier molecular flexibility index (Phi) is 4.19. The Morgan fingerprint density at radius 1 is 1.11 bits per heavy atom. The van der Waals surface area contributed by atoms with Crippen molar-refractivity contribution in [2.45, 2.75) is 38.8 Å². The summed E-state index contributed by atoms with van der Waals surface area (Å²) in [6.45, 7) is 6.57. The molecule has 0 saturated carbocycles. The van der Waals surface area contributed by atoms with Crippen LogP contribution in [0.15, 0.2) is 30.3 Å². The zero-order valence-electron chi connectivity index (χ0n) is 11.6. The molecule has 2 N–H and O–H groups in total. The number of benzene rings is 1. The fourth-order valence-corrected chi connectivity index (χ4v) is 1.53. The van der Waals surface area contributed by atoms with E-state index >= 15 is 0 Å². The van der Waals surface area contributed by atoms with Crippen LogP contribution in [0, 0.1) is 0 Å². The molecule has 0 radical (unpaired) electrons. The predicted octanol–water partition coefficient (Wildman–Crippen LogP) is 2.51. The van der Waals surface area contributed by atoms with E-state index in [0.29, 0.717) is 5.56 Å². The monoisotopic (exact) mass is 265 g/mol. The summed E-state index contributed by atoms with van der Waals surface area (Å²) in [5, 5.41) is 11.8. The summed E-state index contributed by atoms with van der Waals surface area (Å²) in [6.07, 6.45) is -0.763. The van der Waals surface area contributed by atoms with Crippen molar-refractivity contribution < 1.29 is 19.4 Å². The Morgan fingerprint density at radius 2 is 1.63 bits per heavy atom. The summed E-state index contributed by atoms with van der Waals surface area (Å²) < 4.78 is 5.09. The normalized spacial score (nSPS) is 14.3. The van der Waals surface area contributed by atoms with E-state index < -0.39 is 23.2 Å². The second-order valence-corrected chi connectivity index (χ2v) is 5.42. The Morgan fingerprint density at radius 3 is 2.05 bits per heavy atom. The first kappa shape index (κ1) is 15.0. The van der Waals surface area contributed by atoms with Crippen molar-refractivity contribution in [1.82, 2.24) is 5.32 Å². The van der Waals surface area contributed by atoms with E-state index in [9.17, 15) is 14.7 Å². The Labute approximate surface area is 112 Å². The molecule has 0 saturated heterocycles. The molecule has 104 valence electrons. The first-order chi connectivity index (χ1) is 8.65. The smallest absolute Gasteiger partial charge is 0.408 e. The van der Waals surface area contributed by atoms with Crippen LogP contribution >= 0.6 is 0 Å². The third-order valence-electron chi connectivity index (χ3n) is 2.53. The summed E-state index contributed by atoms with van der Waals surface area (Å²) in [6, 6.07) is 8.50. The lowest BCUT2D eigenvalue weighted by Crippen LogP contribution is -2.50. The van der Waals surface area contributed by atoms with Gasteiger partial charge in [0.2, 0.25) is 0 Å². The van der Waals surface area contributed by atoms with E-state index in [0.717, 1.165) is 0 Å². The molecule has 1 rings (SSSR count). The molecule has 0 aliphatic carbocycles. The quantitative estimate of drug-likeness (QED) is 0.880. The van der Waals surface area contributed by atoms with Crippen molar-refractivity contribution in [1.29, 1.82) is 0 Å². The first-order valence-corrected chi connectivity index (χ1v) is 5.95. The van der Waals surface area contributed by atoms with Crippen LogP contribution in [-0.4, -0.2) is 22.8 Å². The highest BCUT2D eigenvalue weighted by atomic mass is 16.6. The van der Waals surface area contributed by atoms with E-state index in [4.69, 9.17) is 4.74 Å². The number of aliphatic carboxylic acids is 1. The summed E-state index contributed by atoms with van der Waals surface area (Å²) in [4.78, 5) is 23.2. The molecule has 5 heteroatoms. The number of rotatable bonds is 3. The van der Waals surface area contributed by atoms with Gasteiger partial charge in [-0.3, -0.25) is 0 Å². The standard InChI is InChI=1S/C14H19NO4/c1-13(2,3)19-12(18)15-14(4,11(16)17)10-8-6-5-7-9-10/h5-9H,1-4H3,(H,15,18)(H,16,17). The summed E-state index contributed by atoms with van der Waals surface area (Å²) in [5.74, 6) is -1.15. The summed E-state index contributed by atoms with van der Waals surface area (Å²) in [7, 11) is 0. The van der Waals surface area contributed by atoms with Crippen molar-refractivity contribution in [3.8, 4) is 0 Å². The molecule has 5 nitrogen and oxygen atoms in total. The van der Waals surface area contributed by atoms with Crippen LogP contribution in [0.5, 0.6) is 0 Å². The fraction of sp³-hybridized carbons (Fsp3) is 0.429. The number of carboxylic acids is 1. The maximum atomic E-state index is 11.8. The van der Waals surface area contributed by atoms with Gasteiger partial charge in [0.25, 0.3) is 0 Å². The van der Waals surface area contributed by atoms with Gasteiger partial charge in [0.1, 0.15) is 5.60 Å². The molecular formula is C14H19NO4. The molecule has 0 fully saturated rings. The van der Waals surface area contributed by atoms with Gasteiger partial charge in [-0.05, 0) is 33.3 Å². The average Bonchev–Trinajstić information content (AvgIpc) is 2.27. The van der Waals surface area contributed by atoms with Gasteiger partial charge < -0.3 is 15.2 Å². The highest BCUT2D eigenvalue weighted by Crippen LogP contribution is 2.21. The van der Waals surface area contributed by atoms with Gasteiger partial charge in [-0.1, -0.05) is 30.3 Å². The number of carbonyl (C=O) groups is 2. The second kappa shape index (κ2) is 5.30. The average molecular weight is 265 g/mol. The van der Waals surface area contributed by atoms with E-state index in [1.807, 2.05) is 0 Å². The van der Waals surface area contributed by atoms with Crippen molar-refractivity contribution in [3.05, 3.63) is 35.9 Å². The molecule has 0 spiro atoms. The highest BCUT2D eigenvalue weighted by Gasteiger charge is 2.38. The van der Waals surface area contributed by atoms with Crippen LogP contribution in [0.3, 0.4) is 0 Å². The lowest BCUT2D eigenvalue weighted by Gasteiger charge is -2.28. The minimum Gasteiger partial charge on any atom is -0.479 e. The molecule has 0 aromatic heterocycles. The number of amides is 1. The number of hydrogen-bond acceptors (Lipinski definition) is 3. The molecule has 0 aliphatic rings. The number of carboxylic acid groups (broad SMARTS) is 1. The maximum Gasteiger partial charge on any atom is 0.408 e. The van der Waals surface area contributed by atoms with Gasteiger partial charge in [-0.25, -0.2) is 9.59 Å². The van der Waals surface area contributed by atoms with Crippen LogP contribution in [0.25, 0.3) is 0 Å². The topological polar surface area (TPSA) is 75.6 Å². The highest BCUT2D eigenvalue weighted by molar-refractivity contribution is 5.85. The molecule has 1 aromatic rings. The predicted molar refractivity (Wildman–Crippen MR) is 70.8 cm³/mol. The van der Waals surface area contributed by atoms with Crippen LogP contribution in [0.4, 0.5) is 4.79 Å². The first-order valence-electron chi connectivity index (χ1n) is 5.95. The van der Waals surface area contributed by atoms with E-state index in [2.05, 4.69) is 5.32 Å². The number of carbonyl (C=O) groups excluding carboxylic acids is 1. The molecule has 19 heavy (non-hydrogen) atoms. The van der Waals surface area contributed by atoms with Crippen LogP contribution in [0.2, 0.25) is 0 Å². The molecule has 1 aromatic carbocycles. The third kappa shape index (κ3) is 3.98. The minimum absolute atomic E-state index is 0.480. The molecule has 1 unspecified atom stereocenters. The number of ether oxygens (including phenoxy) is 1. The zero-order chi connectivity index (χ0) is 14.7. The lowest BCUT2D eigenvalue weighted by atomic mass is 9.92. The number of hydrogen-bond donors (Lipinski definition) is 2. The fourth-order valence-electron chi connectivity index (χ4n) is 1.53. The van der Waals surface area contributed by atoms with Crippen molar-refractivity contribution in [2.24, 2.45) is 0 Å². The molecular weight excluding hydrogens is 246 g/mol. The molecule has 0 heterocycles. The van der Waals surface area contributed by atoms with Crippen molar-refractivity contribution >= 4 is 12.1 Å². The SMILES string of the molecule is CC(C)(C)OC(=O)NC(C)(C(=O)O)c1ccccc1. The minimum atomic E-state index is -1.52. The summed E-state index contributed by atoms with van der Waals surface area (Å²) >= 11 is 0. The van der Waals surface area contributed by atoms with E-state index in [1.165, 1.54) is 6.92 Å². The molecule has 0 aliphatic heterocycles. The lowest BCUT2D eigenvalue weighted by molar-refractivity contribution is -0.144. The Balaban J connectivity index is 2.97. The van der Waals surface area contributed by atoms with Gasteiger partial charge in [-0.2, -0.15) is 0 Å². The van der Waals surface area contributed by atoms with E-state index in [-0.39, 0.29) is 0 Å². The maximum absolute atomic E-state index is 11.8. The van der Waals surface area contributed by atoms with E-state index in [1.54, 1.807) is 51.1 Å². The van der Waals surface area contributed by atoms with Crippen molar-refractivity contribution in [3.63, 3.8) is 0 Å². The van der Waals surface area contributed by atoms with Gasteiger partial charge >= 0.3 is 12.1 Å². The molecule has 1 atom stereocenters. The summed E-state index contributed by atoms with van der Waals surface area (Å²) in [5.41, 5.74) is -1.72. The van der Waals surface area contributed by atoms with Gasteiger partial charge in [-0.15, -0.1) is 0 Å². The van der Waals surface area contributed by atoms with Crippen LogP contribution in [-0.2, 0) is 15.1 Å².